The molecule has 0 bridgehead atoms. The third-order valence-corrected chi connectivity index (χ3v) is 6.56. The predicted molar refractivity (Wildman–Crippen MR) is 116 cm³/mol. The van der Waals surface area contributed by atoms with E-state index < -0.39 is 11.4 Å². The molecular formula is C24H29ClFNO3. The van der Waals surface area contributed by atoms with E-state index in [1.54, 1.807) is 0 Å². The number of aliphatic hydroxyl groups is 1. The summed E-state index contributed by atoms with van der Waals surface area (Å²) >= 11 is 5.83. The van der Waals surface area contributed by atoms with Gasteiger partial charge in [-0.15, -0.1) is 0 Å². The number of benzene rings is 2. The summed E-state index contributed by atoms with van der Waals surface area (Å²) < 4.78 is 24.8. The first kappa shape index (κ1) is 21.6. The Morgan fingerprint density at radius 1 is 1.13 bits per heavy atom. The van der Waals surface area contributed by atoms with Gasteiger partial charge in [0, 0.05) is 25.2 Å². The predicted octanol–water partition coefficient (Wildman–Crippen LogP) is 4.65. The van der Waals surface area contributed by atoms with E-state index in [2.05, 4.69) is 35.2 Å². The van der Waals surface area contributed by atoms with E-state index in [1.807, 2.05) is 0 Å². The van der Waals surface area contributed by atoms with Gasteiger partial charge in [0.15, 0.2) is 0 Å². The Morgan fingerprint density at radius 2 is 1.90 bits per heavy atom. The molecule has 0 aromatic heterocycles. The molecule has 2 aliphatic rings. The van der Waals surface area contributed by atoms with Crippen molar-refractivity contribution in [2.45, 2.75) is 43.2 Å². The van der Waals surface area contributed by atoms with Crippen molar-refractivity contribution in [2.24, 2.45) is 0 Å². The van der Waals surface area contributed by atoms with Crippen molar-refractivity contribution in [1.29, 1.82) is 0 Å². The molecule has 0 spiro atoms. The summed E-state index contributed by atoms with van der Waals surface area (Å²) in [4.78, 5) is 2.36. The van der Waals surface area contributed by atoms with Crippen LogP contribution in [-0.4, -0.2) is 54.6 Å². The lowest BCUT2D eigenvalue weighted by molar-refractivity contribution is -0.0683. The van der Waals surface area contributed by atoms with Crippen molar-refractivity contribution in [1.82, 2.24) is 4.90 Å². The maximum atomic E-state index is 13.4. The molecule has 162 valence electrons. The van der Waals surface area contributed by atoms with Crippen molar-refractivity contribution >= 4 is 11.6 Å². The van der Waals surface area contributed by atoms with E-state index in [1.165, 1.54) is 23.8 Å². The van der Waals surface area contributed by atoms with Crippen LogP contribution in [0.25, 0.3) is 0 Å². The molecule has 1 aliphatic carbocycles. The highest BCUT2D eigenvalue weighted by molar-refractivity contribution is 6.30. The van der Waals surface area contributed by atoms with E-state index in [0.717, 1.165) is 32.2 Å². The van der Waals surface area contributed by atoms with Gasteiger partial charge in [0.1, 0.15) is 23.8 Å². The van der Waals surface area contributed by atoms with Crippen molar-refractivity contribution < 1.29 is 19.0 Å². The molecule has 4 nitrogen and oxygen atoms in total. The number of hydrogen-bond donors (Lipinski definition) is 1. The zero-order valence-corrected chi connectivity index (χ0v) is 17.9. The Bertz CT molecular complexity index is 828. The minimum atomic E-state index is -1.12. The molecule has 2 fully saturated rings. The lowest BCUT2D eigenvalue weighted by atomic mass is 9.81. The van der Waals surface area contributed by atoms with Crippen LogP contribution in [-0.2, 0) is 4.74 Å². The summed E-state index contributed by atoms with van der Waals surface area (Å²) in [5, 5.41) is 11.2. The summed E-state index contributed by atoms with van der Waals surface area (Å²) in [6.45, 7) is 2.21. The second-order valence-electron chi connectivity index (χ2n) is 8.53. The van der Waals surface area contributed by atoms with E-state index in [9.17, 15) is 9.50 Å². The lowest BCUT2D eigenvalue weighted by Crippen LogP contribution is -2.52. The average Bonchev–Trinajstić information content (AvgIpc) is 2.97. The molecule has 2 aromatic rings. The molecule has 0 radical (unpaired) electrons. The monoisotopic (exact) mass is 433 g/mol. The maximum absolute atomic E-state index is 13.4. The quantitative estimate of drug-likeness (QED) is 0.745. The van der Waals surface area contributed by atoms with Crippen LogP contribution in [0.2, 0.25) is 5.02 Å². The SMILES string of the molecule is OC1(COc2ccc(F)c(Cl)c2)COCCN(C2CCC(c3ccccc3)CC2)C1. The Morgan fingerprint density at radius 3 is 2.63 bits per heavy atom. The van der Waals surface area contributed by atoms with Crippen molar-refractivity contribution in [3.05, 3.63) is 64.9 Å². The lowest BCUT2D eigenvalue weighted by Gasteiger charge is -2.39. The fourth-order valence-corrected chi connectivity index (χ4v) is 4.80. The third kappa shape index (κ3) is 5.33. The topological polar surface area (TPSA) is 41.9 Å². The van der Waals surface area contributed by atoms with Gasteiger partial charge in [0.2, 0.25) is 0 Å². The third-order valence-electron chi connectivity index (χ3n) is 6.27. The van der Waals surface area contributed by atoms with Gasteiger partial charge in [-0.05, 0) is 49.3 Å². The smallest absolute Gasteiger partial charge is 0.142 e. The summed E-state index contributed by atoms with van der Waals surface area (Å²) in [5.41, 5.74) is 0.311. The van der Waals surface area contributed by atoms with Crippen LogP contribution in [0, 0.1) is 5.82 Å². The first-order chi connectivity index (χ1) is 14.5. The second kappa shape index (κ2) is 9.65. The molecule has 1 N–H and O–H groups in total. The van der Waals surface area contributed by atoms with Crippen LogP contribution in [0.1, 0.15) is 37.2 Å². The molecule has 1 aliphatic heterocycles. The molecule has 1 atom stereocenters. The van der Waals surface area contributed by atoms with Crippen LogP contribution in [0.4, 0.5) is 4.39 Å². The van der Waals surface area contributed by atoms with Crippen LogP contribution in [0.5, 0.6) is 5.75 Å². The maximum Gasteiger partial charge on any atom is 0.142 e. The Hall–Kier alpha value is -1.66. The van der Waals surface area contributed by atoms with Crippen LogP contribution >= 0.6 is 11.6 Å². The first-order valence-corrected chi connectivity index (χ1v) is 11.1. The number of ether oxygens (including phenoxy) is 2. The van der Waals surface area contributed by atoms with Crippen LogP contribution < -0.4 is 4.74 Å². The molecular weight excluding hydrogens is 405 g/mol. The standard InChI is InChI=1S/C24H29ClFNO3/c25-22-14-21(10-11-23(22)26)30-17-24(28)15-27(12-13-29-16-24)20-8-6-19(7-9-20)18-4-2-1-3-5-18/h1-5,10-11,14,19-20,28H,6-9,12-13,15-17H2. The van der Waals surface area contributed by atoms with E-state index >= 15 is 0 Å². The van der Waals surface area contributed by atoms with Gasteiger partial charge in [-0.2, -0.15) is 0 Å². The summed E-state index contributed by atoms with van der Waals surface area (Å²) in [6, 6.07) is 15.4. The van der Waals surface area contributed by atoms with Crippen molar-refractivity contribution in [3.63, 3.8) is 0 Å². The van der Waals surface area contributed by atoms with E-state index in [4.69, 9.17) is 21.1 Å². The zero-order valence-electron chi connectivity index (χ0n) is 17.1. The Labute approximate surface area is 182 Å². The number of halogens is 2. The fourth-order valence-electron chi connectivity index (χ4n) is 4.63. The van der Waals surface area contributed by atoms with E-state index in [0.29, 0.717) is 30.9 Å². The minimum Gasteiger partial charge on any atom is -0.490 e. The molecule has 1 heterocycles. The molecule has 1 saturated carbocycles. The average molecular weight is 434 g/mol. The Balaban J connectivity index is 1.34. The number of β-amino-alcohol motifs (C(OH)–C–C–N with tert-alkyl or cyclic N) is 1. The van der Waals surface area contributed by atoms with Crippen molar-refractivity contribution in [3.8, 4) is 5.75 Å². The molecule has 30 heavy (non-hydrogen) atoms. The molecule has 6 heteroatoms. The van der Waals surface area contributed by atoms with Gasteiger partial charge in [-0.3, -0.25) is 4.90 Å². The van der Waals surface area contributed by atoms with Gasteiger partial charge >= 0.3 is 0 Å². The van der Waals surface area contributed by atoms with Gasteiger partial charge in [0.05, 0.1) is 18.2 Å². The highest BCUT2D eigenvalue weighted by Gasteiger charge is 2.37. The largest absolute Gasteiger partial charge is 0.490 e. The fraction of sp³-hybridized carbons (Fsp3) is 0.500. The molecule has 1 unspecified atom stereocenters. The first-order valence-electron chi connectivity index (χ1n) is 10.7. The summed E-state index contributed by atoms with van der Waals surface area (Å²) in [5.74, 6) is 0.572. The second-order valence-corrected chi connectivity index (χ2v) is 8.94. The highest BCUT2D eigenvalue weighted by atomic mass is 35.5. The zero-order chi connectivity index (χ0) is 21.0. The Kier molecular flexibility index (Phi) is 6.94. The highest BCUT2D eigenvalue weighted by Crippen LogP contribution is 2.35. The van der Waals surface area contributed by atoms with Crippen LogP contribution in [0.3, 0.4) is 0 Å². The van der Waals surface area contributed by atoms with Gasteiger partial charge in [-0.1, -0.05) is 41.9 Å². The number of nitrogens with zero attached hydrogens (tertiary/aromatic N) is 1. The normalized spacial score (nSPS) is 28.1. The van der Waals surface area contributed by atoms with Gasteiger partial charge in [-0.25, -0.2) is 4.39 Å². The molecule has 0 amide bonds. The molecule has 1 saturated heterocycles. The molecule has 2 aromatic carbocycles. The van der Waals surface area contributed by atoms with E-state index in [-0.39, 0.29) is 18.2 Å². The molecule has 4 rings (SSSR count). The van der Waals surface area contributed by atoms with Crippen LogP contribution in [0.15, 0.2) is 48.5 Å². The summed E-state index contributed by atoms with van der Waals surface area (Å²) in [6.07, 6.45) is 4.55. The van der Waals surface area contributed by atoms with Gasteiger partial charge < -0.3 is 14.6 Å². The number of hydrogen-bond acceptors (Lipinski definition) is 4. The summed E-state index contributed by atoms with van der Waals surface area (Å²) in [7, 11) is 0. The van der Waals surface area contributed by atoms with Gasteiger partial charge in [0.25, 0.3) is 0 Å². The minimum absolute atomic E-state index is 0.00779. The number of rotatable bonds is 5. The van der Waals surface area contributed by atoms with Crippen molar-refractivity contribution in [2.75, 3.05) is 32.9 Å².